The number of hydrogen-bond donors (Lipinski definition) is 2. The van der Waals surface area contributed by atoms with Crippen molar-refractivity contribution in [3.8, 4) is 0 Å². The molecule has 3 aromatic rings. The maximum Gasteiger partial charge on any atom is 0.261 e. The van der Waals surface area contributed by atoms with Gasteiger partial charge in [-0.25, -0.2) is 8.42 Å². The molecule has 0 aliphatic carbocycles. The standard InChI is InChI=1S/C23H24N2O3S/c1-17-12-14-20(15-13-17)29(27,28)25-22-11-7-6-10-21(22)23(26)24-16-18(2)19-8-4-3-5-9-19/h3-15,18,25H,16H2,1-2H3,(H,24,26)/t18-/m1/s1. The SMILES string of the molecule is Cc1ccc(S(=O)(=O)Nc2ccccc2C(=O)NC[C@@H](C)c2ccccc2)cc1. The third kappa shape index (κ3) is 5.23. The number of carbonyl (C=O) groups is 1. The Kier molecular flexibility index (Phi) is 6.34. The lowest BCUT2D eigenvalue weighted by atomic mass is 10.0. The van der Waals surface area contributed by atoms with Gasteiger partial charge in [0.05, 0.1) is 16.1 Å². The van der Waals surface area contributed by atoms with E-state index in [0.29, 0.717) is 6.54 Å². The lowest BCUT2D eigenvalue weighted by molar-refractivity contribution is 0.0952. The van der Waals surface area contributed by atoms with Crippen molar-refractivity contribution < 1.29 is 13.2 Å². The Labute approximate surface area is 171 Å². The number of para-hydroxylation sites is 1. The van der Waals surface area contributed by atoms with E-state index in [-0.39, 0.29) is 28.0 Å². The molecule has 6 heteroatoms. The van der Waals surface area contributed by atoms with E-state index < -0.39 is 10.0 Å². The van der Waals surface area contributed by atoms with Crippen molar-refractivity contribution in [1.29, 1.82) is 0 Å². The van der Waals surface area contributed by atoms with Gasteiger partial charge in [-0.15, -0.1) is 0 Å². The largest absolute Gasteiger partial charge is 0.351 e. The van der Waals surface area contributed by atoms with E-state index in [1.54, 1.807) is 48.5 Å². The second kappa shape index (κ2) is 8.92. The van der Waals surface area contributed by atoms with Crippen LogP contribution in [-0.4, -0.2) is 20.9 Å². The molecule has 3 rings (SSSR count). The molecule has 0 aliphatic rings. The molecule has 150 valence electrons. The molecule has 5 nitrogen and oxygen atoms in total. The third-order valence-electron chi connectivity index (χ3n) is 4.68. The summed E-state index contributed by atoms with van der Waals surface area (Å²) in [4.78, 5) is 12.9. The predicted octanol–water partition coefficient (Wildman–Crippen LogP) is 4.33. The predicted molar refractivity (Wildman–Crippen MR) is 116 cm³/mol. The van der Waals surface area contributed by atoms with E-state index in [0.717, 1.165) is 11.1 Å². The van der Waals surface area contributed by atoms with E-state index in [2.05, 4.69) is 10.0 Å². The van der Waals surface area contributed by atoms with Crippen LogP contribution in [0.15, 0.2) is 83.8 Å². The van der Waals surface area contributed by atoms with Gasteiger partial charge in [0.25, 0.3) is 15.9 Å². The van der Waals surface area contributed by atoms with Gasteiger partial charge in [-0.2, -0.15) is 0 Å². The number of aryl methyl sites for hydroxylation is 1. The van der Waals surface area contributed by atoms with Crippen molar-refractivity contribution in [2.75, 3.05) is 11.3 Å². The van der Waals surface area contributed by atoms with Gasteiger partial charge in [0, 0.05) is 6.54 Å². The zero-order chi connectivity index (χ0) is 20.9. The molecule has 0 fully saturated rings. The molecule has 0 heterocycles. The molecule has 0 radical (unpaired) electrons. The number of benzene rings is 3. The van der Waals surface area contributed by atoms with Crippen molar-refractivity contribution in [1.82, 2.24) is 5.32 Å². The van der Waals surface area contributed by atoms with Gasteiger partial charge in [0.1, 0.15) is 0 Å². The van der Waals surface area contributed by atoms with Gasteiger partial charge >= 0.3 is 0 Å². The van der Waals surface area contributed by atoms with Crippen LogP contribution in [-0.2, 0) is 10.0 Å². The summed E-state index contributed by atoms with van der Waals surface area (Å²) < 4.78 is 27.9. The quantitative estimate of drug-likeness (QED) is 0.611. The first-order valence-corrected chi connectivity index (χ1v) is 10.9. The lowest BCUT2D eigenvalue weighted by Crippen LogP contribution is -2.28. The molecule has 0 saturated heterocycles. The molecule has 29 heavy (non-hydrogen) atoms. The van der Waals surface area contributed by atoms with Gasteiger partial charge in [-0.05, 0) is 42.7 Å². The molecule has 2 N–H and O–H groups in total. The Balaban J connectivity index is 1.74. The number of rotatable bonds is 7. The average molecular weight is 409 g/mol. The zero-order valence-electron chi connectivity index (χ0n) is 16.4. The maximum atomic E-state index is 12.7. The van der Waals surface area contributed by atoms with Crippen LogP contribution in [0.2, 0.25) is 0 Å². The molecule has 0 aromatic heterocycles. The first-order chi connectivity index (χ1) is 13.9. The van der Waals surface area contributed by atoms with Gasteiger partial charge in [-0.3, -0.25) is 9.52 Å². The van der Waals surface area contributed by atoms with Crippen LogP contribution in [0.5, 0.6) is 0 Å². The molecule has 1 amide bonds. The van der Waals surface area contributed by atoms with E-state index >= 15 is 0 Å². The summed E-state index contributed by atoms with van der Waals surface area (Å²) in [6, 6.07) is 23.0. The second-order valence-corrected chi connectivity index (χ2v) is 8.67. The molecule has 1 atom stereocenters. The maximum absolute atomic E-state index is 12.7. The fourth-order valence-electron chi connectivity index (χ4n) is 2.93. The Bertz CT molecular complexity index is 1080. The van der Waals surface area contributed by atoms with Crippen molar-refractivity contribution in [3.05, 3.63) is 95.6 Å². The van der Waals surface area contributed by atoms with Crippen LogP contribution in [0.4, 0.5) is 5.69 Å². The highest BCUT2D eigenvalue weighted by molar-refractivity contribution is 7.92. The summed E-state index contributed by atoms with van der Waals surface area (Å²) in [6.45, 7) is 4.36. The van der Waals surface area contributed by atoms with Crippen molar-refractivity contribution >= 4 is 21.6 Å². The number of sulfonamides is 1. The average Bonchev–Trinajstić information content (AvgIpc) is 2.73. The van der Waals surface area contributed by atoms with Gasteiger partial charge < -0.3 is 5.32 Å². The highest BCUT2D eigenvalue weighted by Crippen LogP contribution is 2.21. The van der Waals surface area contributed by atoms with E-state index in [9.17, 15) is 13.2 Å². The fourth-order valence-corrected chi connectivity index (χ4v) is 4.01. The van der Waals surface area contributed by atoms with Crippen LogP contribution in [0.1, 0.15) is 34.3 Å². The van der Waals surface area contributed by atoms with Crippen LogP contribution < -0.4 is 10.0 Å². The molecule has 0 saturated carbocycles. The Morgan fingerprint density at radius 3 is 2.21 bits per heavy atom. The molecule has 0 spiro atoms. The zero-order valence-corrected chi connectivity index (χ0v) is 17.2. The number of nitrogens with one attached hydrogen (secondary N) is 2. The molecular weight excluding hydrogens is 384 g/mol. The molecule has 0 aliphatic heterocycles. The first-order valence-electron chi connectivity index (χ1n) is 9.38. The van der Waals surface area contributed by atoms with Gasteiger partial charge in [0.15, 0.2) is 0 Å². The summed E-state index contributed by atoms with van der Waals surface area (Å²) in [7, 11) is -3.79. The van der Waals surface area contributed by atoms with Gasteiger partial charge in [0.2, 0.25) is 0 Å². The summed E-state index contributed by atoms with van der Waals surface area (Å²) in [6.07, 6.45) is 0. The summed E-state index contributed by atoms with van der Waals surface area (Å²) in [5.74, 6) is -0.188. The smallest absolute Gasteiger partial charge is 0.261 e. The van der Waals surface area contributed by atoms with E-state index in [1.807, 2.05) is 44.2 Å². The normalized spacial score (nSPS) is 12.2. The van der Waals surface area contributed by atoms with Crippen LogP contribution >= 0.6 is 0 Å². The molecule has 3 aromatic carbocycles. The first kappa shape index (κ1) is 20.6. The summed E-state index contributed by atoms with van der Waals surface area (Å²) in [5, 5.41) is 2.90. The Morgan fingerprint density at radius 1 is 0.897 bits per heavy atom. The number of hydrogen-bond acceptors (Lipinski definition) is 3. The second-order valence-electron chi connectivity index (χ2n) is 6.99. The van der Waals surface area contributed by atoms with Crippen molar-refractivity contribution in [2.24, 2.45) is 0 Å². The minimum absolute atomic E-state index is 0.136. The van der Waals surface area contributed by atoms with E-state index in [1.165, 1.54) is 0 Å². The van der Waals surface area contributed by atoms with Crippen LogP contribution in [0.25, 0.3) is 0 Å². The number of carbonyl (C=O) groups excluding carboxylic acids is 1. The number of anilines is 1. The van der Waals surface area contributed by atoms with Gasteiger partial charge in [-0.1, -0.05) is 67.1 Å². The minimum Gasteiger partial charge on any atom is -0.351 e. The summed E-state index contributed by atoms with van der Waals surface area (Å²) >= 11 is 0. The third-order valence-corrected chi connectivity index (χ3v) is 6.07. The fraction of sp³-hybridized carbons (Fsp3) is 0.174. The lowest BCUT2D eigenvalue weighted by Gasteiger charge is -2.15. The molecular formula is C23H24N2O3S. The van der Waals surface area contributed by atoms with Crippen molar-refractivity contribution in [3.63, 3.8) is 0 Å². The summed E-state index contributed by atoms with van der Waals surface area (Å²) in [5.41, 5.74) is 2.62. The topological polar surface area (TPSA) is 75.3 Å². The van der Waals surface area contributed by atoms with Crippen LogP contribution in [0, 0.1) is 6.92 Å². The number of amides is 1. The van der Waals surface area contributed by atoms with Crippen molar-refractivity contribution in [2.45, 2.75) is 24.7 Å². The highest BCUT2D eigenvalue weighted by atomic mass is 32.2. The highest BCUT2D eigenvalue weighted by Gasteiger charge is 2.19. The minimum atomic E-state index is -3.79. The molecule has 0 unspecified atom stereocenters. The Hall–Kier alpha value is -3.12. The van der Waals surface area contributed by atoms with Crippen LogP contribution in [0.3, 0.4) is 0 Å². The van der Waals surface area contributed by atoms with E-state index in [4.69, 9.17) is 0 Å². The monoisotopic (exact) mass is 408 g/mol. The Morgan fingerprint density at radius 2 is 1.52 bits per heavy atom. The molecule has 0 bridgehead atoms.